The third-order valence-corrected chi connectivity index (χ3v) is 4.36. The van der Waals surface area contributed by atoms with Crippen LogP contribution in [0.5, 0.6) is 0 Å². The molecule has 1 aromatic heterocycles. The molecule has 0 aliphatic carbocycles. The standard InChI is InChI=1S/C18H30N8O6/c19-4-2-1-3-12(17(31)23-8-15(28)29)25-18(32)13(6-14(21)27)26-16(30)11(20)5-10-7-22-9-24-10/h7,9,11-13H,1-6,8,19-20H2,(H2,21,27)(H,22,24)(H,23,31)(H,25,32)(H,26,30)(H,28,29). The number of imidazole rings is 1. The number of aromatic amines is 1. The minimum atomic E-state index is -1.38. The number of aliphatic carboxylic acids is 1. The van der Waals surface area contributed by atoms with Crippen LogP contribution in [0.3, 0.4) is 0 Å². The van der Waals surface area contributed by atoms with Crippen molar-refractivity contribution in [2.45, 2.75) is 50.2 Å². The first-order chi connectivity index (χ1) is 15.1. The molecule has 0 aromatic carbocycles. The second kappa shape index (κ2) is 13.7. The zero-order valence-electron chi connectivity index (χ0n) is 17.5. The molecule has 0 aliphatic heterocycles. The molecule has 0 saturated heterocycles. The van der Waals surface area contributed by atoms with E-state index < -0.39 is 60.7 Å². The van der Waals surface area contributed by atoms with Gasteiger partial charge in [-0.1, -0.05) is 0 Å². The monoisotopic (exact) mass is 454 g/mol. The van der Waals surface area contributed by atoms with Crippen LogP contribution < -0.4 is 33.2 Å². The van der Waals surface area contributed by atoms with Crippen LogP contribution in [0.4, 0.5) is 0 Å². The Morgan fingerprint density at radius 2 is 1.75 bits per heavy atom. The Labute approximate surface area is 184 Å². The van der Waals surface area contributed by atoms with Gasteiger partial charge in [0.1, 0.15) is 18.6 Å². The first kappa shape index (κ1) is 26.5. The Balaban J connectivity index is 2.83. The average Bonchev–Trinajstić information content (AvgIpc) is 3.23. The molecule has 0 radical (unpaired) electrons. The van der Waals surface area contributed by atoms with Gasteiger partial charge in [-0.15, -0.1) is 0 Å². The fourth-order valence-electron chi connectivity index (χ4n) is 2.74. The number of hydrogen-bond acceptors (Lipinski definition) is 8. The minimum absolute atomic E-state index is 0.107. The van der Waals surface area contributed by atoms with Crippen LogP contribution in [0.25, 0.3) is 0 Å². The second-order valence-corrected chi connectivity index (χ2v) is 7.08. The van der Waals surface area contributed by atoms with Gasteiger partial charge in [-0.3, -0.25) is 24.0 Å². The lowest BCUT2D eigenvalue weighted by Crippen LogP contribution is -2.57. The summed E-state index contributed by atoms with van der Waals surface area (Å²) in [7, 11) is 0. The van der Waals surface area contributed by atoms with Crippen molar-refractivity contribution in [2.24, 2.45) is 17.2 Å². The van der Waals surface area contributed by atoms with E-state index in [1.165, 1.54) is 12.5 Å². The van der Waals surface area contributed by atoms with Crippen molar-refractivity contribution in [3.05, 3.63) is 18.2 Å². The topological polar surface area (TPSA) is 248 Å². The van der Waals surface area contributed by atoms with Crippen LogP contribution in [0, 0.1) is 0 Å². The number of carboxylic acid groups (broad SMARTS) is 1. The zero-order chi connectivity index (χ0) is 24.1. The molecule has 1 heterocycles. The molecule has 0 spiro atoms. The lowest BCUT2D eigenvalue weighted by Gasteiger charge is -2.23. The number of hydrogen-bond donors (Lipinski definition) is 8. The number of aromatic nitrogens is 2. The molecule has 0 fully saturated rings. The molecular weight excluding hydrogens is 424 g/mol. The number of carbonyl (C=O) groups is 5. The van der Waals surface area contributed by atoms with Gasteiger partial charge in [-0.2, -0.15) is 0 Å². The number of nitrogens with zero attached hydrogens (tertiary/aromatic N) is 1. The Kier molecular flexibility index (Phi) is 11.4. The molecule has 32 heavy (non-hydrogen) atoms. The number of amides is 4. The van der Waals surface area contributed by atoms with Crippen LogP contribution in [-0.2, 0) is 30.4 Å². The highest BCUT2D eigenvalue weighted by Crippen LogP contribution is 2.04. The van der Waals surface area contributed by atoms with Crippen molar-refractivity contribution < 1.29 is 29.1 Å². The first-order valence-corrected chi connectivity index (χ1v) is 9.95. The Bertz CT molecular complexity index is 784. The van der Waals surface area contributed by atoms with Gasteiger partial charge in [-0.25, -0.2) is 4.98 Å². The Morgan fingerprint density at radius 1 is 1.06 bits per heavy atom. The highest BCUT2D eigenvalue weighted by molar-refractivity contribution is 5.95. The predicted octanol–water partition coefficient (Wildman–Crippen LogP) is -3.55. The number of carboxylic acids is 1. The van der Waals surface area contributed by atoms with E-state index in [-0.39, 0.29) is 12.8 Å². The fraction of sp³-hybridized carbons (Fsp3) is 0.556. The van der Waals surface area contributed by atoms with E-state index in [1.54, 1.807) is 0 Å². The summed E-state index contributed by atoms with van der Waals surface area (Å²) in [6, 6.07) is -3.52. The van der Waals surface area contributed by atoms with E-state index in [2.05, 4.69) is 25.9 Å². The molecule has 0 bridgehead atoms. The number of nitrogens with one attached hydrogen (secondary N) is 4. The smallest absolute Gasteiger partial charge is 0.322 e. The number of primary amides is 1. The van der Waals surface area contributed by atoms with Gasteiger partial charge in [0.25, 0.3) is 0 Å². The summed E-state index contributed by atoms with van der Waals surface area (Å²) < 4.78 is 0. The summed E-state index contributed by atoms with van der Waals surface area (Å²) in [4.78, 5) is 66.2. The average molecular weight is 454 g/mol. The van der Waals surface area contributed by atoms with E-state index in [0.717, 1.165) is 0 Å². The molecule has 14 nitrogen and oxygen atoms in total. The van der Waals surface area contributed by atoms with Gasteiger partial charge < -0.3 is 43.2 Å². The van der Waals surface area contributed by atoms with Gasteiger partial charge >= 0.3 is 5.97 Å². The quantitative estimate of drug-likeness (QED) is 0.122. The van der Waals surface area contributed by atoms with Gasteiger partial charge in [0.15, 0.2) is 0 Å². The highest BCUT2D eigenvalue weighted by atomic mass is 16.4. The molecule has 1 aromatic rings. The number of rotatable bonds is 15. The molecule has 0 aliphatic rings. The van der Waals surface area contributed by atoms with E-state index in [1.807, 2.05) is 0 Å². The van der Waals surface area contributed by atoms with Gasteiger partial charge in [-0.05, 0) is 25.8 Å². The largest absolute Gasteiger partial charge is 0.480 e. The predicted molar refractivity (Wildman–Crippen MR) is 111 cm³/mol. The molecule has 11 N–H and O–H groups in total. The van der Waals surface area contributed by atoms with Crippen LogP contribution in [0.1, 0.15) is 31.4 Å². The Morgan fingerprint density at radius 3 is 2.31 bits per heavy atom. The summed E-state index contributed by atoms with van der Waals surface area (Å²) in [5.41, 5.74) is 17.1. The summed E-state index contributed by atoms with van der Waals surface area (Å²) in [5, 5.41) is 15.7. The van der Waals surface area contributed by atoms with E-state index in [9.17, 15) is 24.0 Å². The van der Waals surface area contributed by atoms with Crippen LogP contribution in [-0.4, -0.2) is 75.9 Å². The van der Waals surface area contributed by atoms with Crippen LogP contribution in [0.15, 0.2) is 12.5 Å². The van der Waals surface area contributed by atoms with Crippen LogP contribution >= 0.6 is 0 Å². The van der Waals surface area contributed by atoms with Crippen molar-refractivity contribution in [3.63, 3.8) is 0 Å². The van der Waals surface area contributed by atoms with Crippen molar-refractivity contribution >= 4 is 29.6 Å². The fourth-order valence-corrected chi connectivity index (χ4v) is 2.74. The summed E-state index contributed by atoms with van der Waals surface area (Å²) in [5.74, 6) is -4.39. The van der Waals surface area contributed by atoms with E-state index >= 15 is 0 Å². The van der Waals surface area contributed by atoms with Crippen LogP contribution in [0.2, 0.25) is 0 Å². The first-order valence-electron chi connectivity index (χ1n) is 9.95. The van der Waals surface area contributed by atoms with Gasteiger partial charge in [0, 0.05) is 18.3 Å². The third-order valence-electron chi connectivity index (χ3n) is 4.36. The lowest BCUT2D eigenvalue weighted by molar-refractivity contribution is -0.138. The molecular formula is C18H30N8O6. The Hall–Kier alpha value is -3.52. The normalized spacial score (nSPS) is 13.4. The van der Waals surface area contributed by atoms with E-state index in [4.69, 9.17) is 22.3 Å². The van der Waals surface area contributed by atoms with Gasteiger partial charge in [0.2, 0.25) is 23.6 Å². The highest BCUT2D eigenvalue weighted by Gasteiger charge is 2.29. The SMILES string of the molecule is NCCCCC(NC(=O)C(CC(N)=O)NC(=O)C(N)Cc1cnc[nH]1)C(=O)NCC(=O)O. The summed E-state index contributed by atoms with van der Waals surface area (Å²) in [6.07, 6.45) is 3.71. The van der Waals surface area contributed by atoms with Crippen molar-refractivity contribution in [1.29, 1.82) is 0 Å². The van der Waals surface area contributed by atoms with Gasteiger partial charge in [0.05, 0.1) is 18.8 Å². The molecule has 1 rings (SSSR count). The number of carbonyl (C=O) groups excluding carboxylic acids is 4. The second-order valence-electron chi connectivity index (χ2n) is 7.08. The van der Waals surface area contributed by atoms with Crippen molar-refractivity contribution in [1.82, 2.24) is 25.9 Å². The molecule has 3 atom stereocenters. The lowest BCUT2D eigenvalue weighted by atomic mass is 10.1. The molecule has 178 valence electrons. The third kappa shape index (κ3) is 9.99. The van der Waals surface area contributed by atoms with Crippen molar-refractivity contribution in [2.75, 3.05) is 13.1 Å². The number of nitrogens with two attached hydrogens (primary N) is 3. The number of unbranched alkanes of at least 4 members (excludes halogenated alkanes) is 1. The van der Waals surface area contributed by atoms with Crippen molar-refractivity contribution in [3.8, 4) is 0 Å². The maximum absolute atomic E-state index is 12.7. The maximum atomic E-state index is 12.7. The number of H-pyrrole nitrogens is 1. The van der Waals surface area contributed by atoms with E-state index in [0.29, 0.717) is 25.1 Å². The summed E-state index contributed by atoms with van der Waals surface area (Å²) >= 11 is 0. The molecule has 0 saturated carbocycles. The summed E-state index contributed by atoms with van der Waals surface area (Å²) in [6.45, 7) is -0.266. The molecule has 14 heteroatoms. The zero-order valence-corrected chi connectivity index (χ0v) is 17.5. The molecule has 3 unspecified atom stereocenters. The minimum Gasteiger partial charge on any atom is -0.480 e. The molecule has 4 amide bonds. The maximum Gasteiger partial charge on any atom is 0.322 e.